The molecule has 0 saturated carbocycles. The molecular weight excluding hydrogens is 364 g/mol. The van der Waals surface area contributed by atoms with Crippen molar-refractivity contribution < 1.29 is 13.6 Å². The lowest BCUT2D eigenvalue weighted by molar-refractivity contribution is -0.121. The Kier molecular flexibility index (Phi) is 5.46. The van der Waals surface area contributed by atoms with Gasteiger partial charge in [-0.15, -0.1) is 11.3 Å². The van der Waals surface area contributed by atoms with Crippen molar-refractivity contribution in [2.45, 2.75) is 12.5 Å². The van der Waals surface area contributed by atoms with Crippen molar-refractivity contribution in [3.05, 3.63) is 92.6 Å². The average Bonchev–Trinajstić information content (AvgIpc) is 3.11. The van der Waals surface area contributed by atoms with Crippen molar-refractivity contribution in [1.82, 2.24) is 5.32 Å². The van der Waals surface area contributed by atoms with Crippen LogP contribution >= 0.6 is 22.9 Å². The summed E-state index contributed by atoms with van der Waals surface area (Å²) in [6.07, 6.45) is -0.172. The normalized spacial score (nSPS) is 12.0. The van der Waals surface area contributed by atoms with E-state index in [0.717, 1.165) is 10.4 Å². The predicted molar refractivity (Wildman–Crippen MR) is 95.8 cm³/mol. The highest BCUT2D eigenvalue weighted by Crippen LogP contribution is 2.27. The van der Waals surface area contributed by atoms with E-state index in [1.54, 1.807) is 18.2 Å². The van der Waals surface area contributed by atoms with Gasteiger partial charge in [-0.2, -0.15) is 0 Å². The summed E-state index contributed by atoms with van der Waals surface area (Å²) in [7, 11) is 0. The first kappa shape index (κ1) is 17.6. The molecule has 1 N–H and O–H groups in total. The van der Waals surface area contributed by atoms with Crippen LogP contribution < -0.4 is 5.32 Å². The van der Waals surface area contributed by atoms with E-state index in [1.807, 2.05) is 17.5 Å². The molecule has 2 nitrogen and oxygen atoms in total. The zero-order valence-corrected chi connectivity index (χ0v) is 14.6. The van der Waals surface area contributed by atoms with Crippen LogP contribution in [0.1, 0.15) is 22.0 Å². The third-order valence-electron chi connectivity index (χ3n) is 3.74. The fourth-order valence-corrected chi connectivity index (χ4v) is 3.54. The van der Waals surface area contributed by atoms with Gasteiger partial charge in [-0.05, 0) is 41.3 Å². The number of hydrogen-bond donors (Lipinski definition) is 1. The number of carbonyl (C=O) groups excluding carboxylic acids is 1. The number of thiophene rings is 1. The van der Waals surface area contributed by atoms with Crippen LogP contribution in [0, 0.1) is 11.6 Å². The number of nitrogens with one attached hydrogen (secondary N) is 1. The van der Waals surface area contributed by atoms with E-state index in [9.17, 15) is 13.6 Å². The summed E-state index contributed by atoms with van der Waals surface area (Å²) in [5.74, 6) is -1.23. The van der Waals surface area contributed by atoms with Gasteiger partial charge < -0.3 is 5.32 Å². The summed E-state index contributed by atoms with van der Waals surface area (Å²) >= 11 is 7.46. The monoisotopic (exact) mass is 377 g/mol. The molecule has 3 aromatic rings. The average molecular weight is 378 g/mol. The van der Waals surface area contributed by atoms with Crippen molar-refractivity contribution >= 4 is 28.8 Å². The van der Waals surface area contributed by atoms with Gasteiger partial charge in [-0.25, -0.2) is 8.78 Å². The Morgan fingerprint density at radius 3 is 2.48 bits per heavy atom. The topological polar surface area (TPSA) is 29.1 Å². The second-order valence-corrected chi connectivity index (χ2v) is 6.83. The lowest BCUT2D eigenvalue weighted by Gasteiger charge is -2.18. The Morgan fingerprint density at radius 1 is 1.08 bits per heavy atom. The maximum absolute atomic E-state index is 13.9. The molecule has 1 atom stereocenters. The maximum atomic E-state index is 13.9. The van der Waals surface area contributed by atoms with Crippen LogP contribution in [-0.2, 0) is 11.2 Å². The van der Waals surface area contributed by atoms with Crippen molar-refractivity contribution in [2.75, 3.05) is 0 Å². The Morgan fingerprint density at radius 2 is 1.84 bits per heavy atom. The predicted octanol–water partition coefficient (Wildman–Crippen LogP) is 5.13. The molecule has 128 valence electrons. The van der Waals surface area contributed by atoms with Gasteiger partial charge in [0.05, 0.1) is 12.5 Å². The van der Waals surface area contributed by atoms with Gasteiger partial charge in [0.1, 0.15) is 11.6 Å². The summed E-state index contributed by atoms with van der Waals surface area (Å²) in [6.45, 7) is 0. The van der Waals surface area contributed by atoms with E-state index < -0.39 is 11.9 Å². The van der Waals surface area contributed by atoms with Crippen molar-refractivity contribution in [3.63, 3.8) is 0 Å². The lowest BCUT2D eigenvalue weighted by Crippen LogP contribution is -2.30. The number of benzene rings is 2. The molecule has 0 saturated heterocycles. The first-order valence-electron chi connectivity index (χ1n) is 7.55. The van der Waals surface area contributed by atoms with Crippen LogP contribution in [0.2, 0.25) is 5.02 Å². The Bertz CT molecular complexity index is 845. The number of carbonyl (C=O) groups is 1. The second kappa shape index (κ2) is 7.76. The SMILES string of the molecule is O=C(Cc1c(F)cccc1Cl)NC(c1ccc(F)cc1)c1cccs1. The fourth-order valence-electron chi connectivity index (χ4n) is 2.50. The molecule has 1 heterocycles. The molecule has 0 aliphatic rings. The second-order valence-electron chi connectivity index (χ2n) is 5.44. The highest BCUT2D eigenvalue weighted by Gasteiger charge is 2.20. The summed E-state index contributed by atoms with van der Waals surface area (Å²) in [4.78, 5) is 13.4. The molecule has 0 spiro atoms. The minimum atomic E-state index is -0.517. The van der Waals surface area contributed by atoms with Crippen LogP contribution in [0.3, 0.4) is 0 Å². The van der Waals surface area contributed by atoms with Crippen LogP contribution in [-0.4, -0.2) is 5.91 Å². The van der Waals surface area contributed by atoms with Gasteiger partial charge in [-0.1, -0.05) is 35.9 Å². The largest absolute Gasteiger partial charge is 0.344 e. The number of hydrogen-bond acceptors (Lipinski definition) is 2. The highest BCUT2D eigenvalue weighted by atomic mass is 35.5. The fraction of sp³-hybridized carbons (Fsp3) is 0.105. The minimum Gasteiger partial charge on any atom is -0.344 e. The van der Waals surface area contributed by atoms with E-state index >= 15 is 0 Å². The number of amides is 1. The van der Waals surface area contributed by atoms with E-state index in [4.69, 9.17) is 11.6 Å². The van der Waals surface area contributed by atoms with Crippen LogP contribution in [0.15, 0.2) is 60.0 Å². The lowest BCUT2D eigenvalue weighted by atomic mass is 10.0. The first-order chi connectivity index (χ1) is 12.0. The van der Waals surface area contributed by atoms with Crippen molar-refractivity contribution in [2.24, 2.45) is 0 Å². The standard InChI is InChI=1S/C19H14ClF2NOS/c20-15-3-1-4-16(22)14(15)11-18(24)23-19(17-5-2-10-25-17)12-6-8-13(21)9-7-12/h1-10,19H,11H2,(H,23,24). The smallest absolute Gasteiger partial charge is 0.225 e. The molecule has 3 rings (SSSR count). The first-order valence-corrected chi connectivity index (χ1v) is 8.81. The molecule has 6 heteroatoms. The van der Waals surface area contributed by atoms with Crippen LogP contribution in [0.25, 0.3) is 0 Å². The molecule has 1 aromatic heterocycles. The Labute approximate surface area is 153 Å². The van der Waals surface area contributed by atoms with Crippen LogP contribution in [0.4, 0.5) is 8.78 Å². The van der Waals surface area contributed by atoms with Gasteiger partial charge in [0, 0.05) is 15.5 Å². The van der Waals surface area contributed by atoms with Gasteiger partial charge in [0.15, 0.2) is 0 Å². The van der Waals surface area contributed by atoms with Crippen molar-refractivity contribution in [3.8, 4) is 0 Å². The van der Waals surface area contributed by atoms with Crippen molar-refractivity contribution in [1.29, 1.82) is 0 Å². The summed E-state index contributed by atoms with van der Waals surface area (Å²) < 4.78 is 27.1. The zero-order chi connectivity index (χ0) is 17.8. The maximum Gasteiger partial charge on any atom is 0.225 e. The minimum absolute atomic E-state index is 0.158. The number of halogens is 3. The van der Waals surface area contributed by atoms with E-state index in [-0.39, 0.29) is 28.7 Å². The van der Waals surface area contributed by atoms with E-state index in [2.05, 4.69) is 5.32 Å². The molecular formula is C19H14ClF2NOS. The third kappa shape index (κ3) is 4.24. The molecule has 0 aliphatic heterocycles. The highest BCUT2D eigenvalue weighted by molar-refractivity contribution is 7.10. The van der Waals surface area contributed by atoms with E-state index in [0.29, 0.717) is 0 Å². The van der Waals surface area contributed by atoms with Gasteiger partial charge in [0.2, 0.25) is 5.91 Å². The Balaban J connectivity index is 1.83. The molecule has 1 unspecified atom stereocenters. The van der Waals surface area contributed by atoms with Gasteiger partial charge in [0.25, 0.3) is 0 Å². The molecule has 0 radical (unpaired) electrons. The van der Waals surface area contributed by atoms with E-state index in [1.165, 1.54) is 35.6 Å². The van der Waals surface area contributed by atoms with Crippen LogP contribution in [0.5, 0.6) is 0 Å². The molecule has 0 bridgehead atoms. The third-order valence-corrected chi connectivity index (χ3v) is 5.03. The molecule has 0 fully saturated rings. The molecule has 0 aliphatic carbocycles. The molecule has 2 aromatic carbocycles. The van der Waals surface area contributed by atoms with Gasteiger partial charge in [-0.3, -0.25) is 4.79 Å². The van der Waals surface area contributed by atoms with Gasteiger partial charge >= 0.3 is 0 Å². The summed E-state index contributed by atoms with van der Waals surface area (Å²) in [5, 5.41) is 4.99. The Hall–Kier alpha value is -2.24. The summed E-state index contributed by atoms with van der Waals surface area (Å²) in [6, 6.07) is 13.6. The molecule has 25 heavy (non-hydrogen) atoms. The zero-order valence-electron chi connectivity index (χ0n) is 13.0. The summed E-state index contributed by atoms with van der Waals surface area (Å²) in [5.41, 5.74) is 0.905. The quantitative estimate of drug-likeness (QED) is 0.656. The number of rotatable bonds is 5. The molecule has 1 amide bonds.